The highest BCUT2D eigenvalue weighted by Crippen LogP contribution is 2.24. The van der Waals surface area contributed by atoms with E-state index in [1.54, 1.807) is 31.6 Å². The summed E-state index contributed by atoms with van der Waals surface area (Å²) in [6.45, 7) is 2.96. The van der Waals surface area contributed by atoms with Gasteiger partial charge in [-0.1, -0.05) is 6.07 Å². The molecule has 0 amide bonds. The summed E-state index contributed by atoms with van der Waals surface area (Å²) in [7, 11) is 3.34. The molecule has 0 bridgehead atoms. The Bertz CT molecular complexity index is 742. The first kappa shape index (κ1) is 19.6. The molecular formula is C20H27FN4OS. The van der Waals surface area contributed by atoms with E-state index in [4.69, 9.17) is 4.74 Å². The van der Waals surface area contributed by atoms with E-state index in [-0.39, 0.29) is 12.4 Å². The molecule has 0 unspecified atom stereocenters. The number of guanidine groups is 1. The van der Waals surface area contributed by atoms with Crippen LogP contribution in [0.25, 0.3) is 0 Å². The third kappa shape index (κ3) is 5.43. The van der Waals surface area contributed by atoms with Crippen LogP contribution in [0.3, 0.4) is 0 Å². The lowest BCUT2D eigenvalue weighted by molar-refractivity contribution is 0.181. The van der Waals surface area contributed by atoms with Crippen molar-refractivity contribution in [2.45, 2.75) is 32.0 Å². The number of methoxy groups -OCH3 is 1. The minimum Gasteiger partial charge on any atom is -0.380 e. The third-order valence-corrected chi connectivity index (χ3v) is 5.68. The first-order valence-electron chi connectivity index (χ1n) is 9.21. The van der Waals surface area contributed by atoms with Gasteiger partial charge in [-0.3, -0.25) is 4.99 Å². The predicted octanol–water partition coefficient (Wildman–Crippen LogP) is 3.37. The summed E-state index contributed by atoms with van der Waals surface area (Å²) < 4.78 is 18.8. The minimum atomic E-state index is -0.236. The van der Waals surface area contributed by atoms with E-state index in [2.05, 4.69) is 38.0 Å². The summed E-state index contributed by atoms with van der Waals surface area (Å²) in [5.74, 6) is 0.544. The van der Waals surface area contributed by atoms with E-state index in [9.17, 15) is 4.39 Å². The molecular weight excluding hydrogens is 363 g/mol. The van der Waals surface area contributed by atoms with E-state index in [0.29, 0.717) is 18.2 Å². The van der Waals surface area contributed by atoms with E-state index in [0.717, 1.165) is 37.5 Å². The Morgan fingerprint density at radius 2 is 2.15 bits per heavy atom. The minimum absolute atomic E-state index is 0.236. The first-order chi connectivity index (χ1) is 13.2. The van der Waals surface area contributed by atoms with Crippen LogP contribution in [0.15, 0.2) is 40.7 Å². The van der Waals surface area contributed by atoms with Crippen LogP contribution in [0, 0.1) is 5.82 Å². The fourth-order valence-corrected chi connectivity index (χ4v) is 4.06. The fraction of sp³-hybridized carbons (Fsp3) is 0.450. The summed E-state index contributed by atoms with van der Waals surface area (Å²) in [6, 6.07) is 9.79. The molecule has 1 saturated heterocycles. The maximum Gasteiger partial charge on any atom is 0.191 e. The lowest BCUT2D eigenvalue weighted by atomic mass is 10.1. The summed E-state index contributed by atoms with van der Waals surface area (Å²) in [4.78, 5) is 6.77. The first-order valence-corrected chi connectivity index (χ1v) is 10.1. The van der Waals surface area contributed by atoms with Crippen molar-refractivity contribution in [1.29, 1.82) is 0 Å². The number of ether oxygens (including phenoxy) is 1. The molecule has 146 valence electrons. The number of hydrogen-bond donors (Lipinski definition) is 2. The second kappa shape index (κ2) is 9.71. The van der Waals surface area contributed by atoms with Gasteiger partial charge in [0, 0.05) is 45.4 Å². The van der Waals surface area contributed by atoms with Gasteiger partial charge in [-0.05, 0) is 48.1 Å². The molecule has 7 heteroatoms. The maximum absolute atomic E-state index is 13.7. The number of piperidine rings is 1. The number of aliphatic imine (C=N–C) groups is 1. The molecule has 1 aliphatic rings. The number of anilines is 1. The number of rotatable bonds is 6. The van der Waals surface area contributed by atoms with Crippen LogP contribution in [0.5, 0.6) is 0 Å². The molecule has 0 atom stereocenters. The average molecular weight is 391 g/mol. The van der Waals surface area contributed by atoms with Crippen LogP contribution in [0.1, 0.15) is 24.0 Å². The molecule has 0 saturated carbocycles. The molecule has 0 spiro atoms. The third-order valence-electron chi connectivity index (χ3n) is 4.75. The van der Waals surface area contributed by atoms with Gasteiger partial charge in [0.25, 0.3) is 0 Å². The largest absolute Gasteiger partial charge is 0.380 e. The molecule has 1 aromatic heterocycles. The van der Waals surface area contributed by atoms with Gasteiger partial charge in [-0.2, -0.15) is 0 Å². The van der Waals surface area contributed by atoms with Crippen molar-refractivity contribution < 1.29 is 9.13 Å². The Kier molecular flexibility index (Phi) is 7.06. The molecule has 5 nitrogen and oxygen atoms in total. The summed E-state index contributed by atoms with van der Waals surface area (Å²) in [5.41, 5.74) is 1.57. The van der Waals surface area contributed by atoms with E-state index >= 15 is 0 Å². The highest BCUT2D eigenvalue weighted by molar-refractivity contribution is 7.14. The summed E-state index contributed by atoms with van der Waals surface area (Å²) >= 11 is 1.79. The van der Waals surface area contributed by atoms with Gasteiger partial charge in [-0.15, -0.1) is 11.3 Å². The normalized spacial score (nSPS) is 15.8. The van der Waals surface area contributed by atoms with Crippen LogP contribution in [-0.4, -0.2) is 39.2 Å². The van der Waals surface area contributed by atoms with Crippen LogP contribution in [0.4, 0.5) is 9.39 Å². The van der Waals surface area contributed by atoms with Crippen LogP contribution >= 0.6 is 11.3 Å². The Hall–Kier alpha value is -2.12. The zero-order valence-electron chi connectivity index (χ0n) is 15.9. The van der Waals surface area contributed by atoms with Gasteiger partial charge in [-0.25, -0.2) is 4.39 Å². The van der Waals surface area contributed by atoms with Crippen molar-refractivity contribution >= 4 is 22.3 Å². The number of nitrogens with zero attached hydrogens (tertiary/aromatic N) is 2. The molecule has 2 aromatic rings. The Labute approximate surface area is 164 Å². The zero-order chi connectivity index (χ0) is 19.1. The maximum atomic E-state index is 13.7. The Morgan fingerprint density at radius 1 is 1.33 bits per heavy atom. The summed E-state index contributed by atoms with van der Waals surface area (Å²) in [6.07, 6.45) is 2.15. The van der Waals surface area contributed by atoms with Crippen molar-refractivity contribution in [2.75, 3.05) is 32.1 Å². The van der Waals surface area contributed by atoms with Crippen molar-refractivity contribution in [3.8, 4) is 0 Å². The molecule has 1 fully saturated rings. The van der Waals surface area contributed by atoms with Gasteiger partial charge in [0.05, 0.1) is 11.6 Å². The fourth-order valence-electron chi connectivity index (χ4n) is 3.27. The standard InChI is InChI=1S/C20H27FN4OS/c1-22-20(23-13-15-5-6-18(21)16(12-15)14-26-2)24-17-7-9-25(10-8-17)19-4-3-11-27-19/h3-6,11-12,17H,7-10,13-14H2,1-2H3,(H2,22,23,24). The SMILES string of the molecule is CN=C(NCc1ccc(F)c(COC)c1)NC1CCN(c2cccs2)CC1. The van der Waals surface area contributed by atoms with Crippen molar-refractivity contribution in [1.82, 2.24) is 10.6 Å². The van der Waals surface area contributed by atoms with Crippen LogP contribution < -0.4 is 15.5 Å². The van der Waals surface area contributed by atoms with Gasteiger partial charge < -0.3 is 20.3 Å². The predicted molar refractivity (Wildman–Crippen MR) is 110 cm³/mol. The Balaban J connectivity index is 1.48. The number of hydrogen-bond acceptors (Lipinski definition) is 4. The Morgan fingerprint density at radius 3 is 2.81 bits per heavy atom. The molecule has 2 heterocycles. The van der Waals surface area contributed by atoms with E-state index in [1.807, 2.05) is 6.07 Å². The highest BCUT2D eigenvalue weighted by atomic mass is 32.1. The molecule has 1 aliphatic heterocycles. The molecule has 27 heavy (non-hydrogen) atoms. The lowest BCUT2D eigenvalue weighted by Crippen LogP contribution is -2.48. The average Bonchev–Trinajstić information content (AvgIpc) is 3.23. The number of nitrogens with one attached hydrogen (secondary N) is 2. The smallest absolute Gasteiger partial charge is 0.191 e. The van der Waals surface area contributed by atoms with Gasteiger partial charge in [0.1, 0.15) is 5.82 Å². The number of halogens is 1. The van der Waals surface area contributed by atoms with Crippen LogP contribution in [-0.2, 0) is 17.9 Å². The van der Waals surface area contributed by atoms with Gasteiger partial charge in [0.2, 0.25) is 0 Å². The lowest BCUT2D eigenvalue weighted by Gasteiger charge is -2.33. The number of thiophene rings is 1. The van der Waals surface area contributed by atoms with Gasteiger partial charge in [0.15, 0.2) is 5.96 Å². The van der Waals surface area contributed by atoms with E-state index in [1.165, 1.54) is 11.1 Å². The van der Waals surface area contributed by atoms with Gasteiger partial charge >= 0.3 is 0 Å². The summed E-state index contributed by atoms with van der Waals surface area (Å²) in [5, 5.41) is 10.3. The van der Waals surface area contributed by atoms with Crippen molar-refractivity contribution in [3.63, 3.8) is 0 Å². The quantitative estimate of drug-likeness (QED) is 0.587. The second-order valence-corrected chi connectivity index (χ2v) is 7.57. The molecule has 1 aromatic carbocycles. The number of benzene rings is 1. The van der Waals surface area contributed by atoms with E-state index < -0.39 is 0 Å². The molecule has 3 rings (SSSR count). The van der Waals surface area contributed by atoms with Crippen molar-refractivity contribution in [2.24, 2.45) is 4.99 Å². The monoisotopic (exact) mass is 390 g/mol. The second-order valence-electron chi connectivity index (χ2n) is 6.64. The zero-order valence-corrected chi connectivity index (χ0v) is 16.7. The topological polar surface area (TPSA) is 48.9 Å². The molecule has 0 aliphatic carbocycles. The highest BCUT2D eigenvalue weighted by Gasteiger charge is 2.20. The van der Waals surface area contributed by atoms with Crippen molar-refractivity contribution in [3.05, 3.63) is 52.7 Å². The van der Waals surface area contributed by atoms with Crippen LogP contribution in [0.2, 0.25) is 0 Å². The molecule has 2 N–H and O–H groups in total. The molecule has 0 radical (unpaired) electrons.